The zero-order valence-corrected chi connectivity index (χ0v) is 22.9. The summed E-state index contributed by atoms with van der Waals surface area (Å²) in [6, 6.07) is 0. The number of allylic oxidation sites excluding steroid dienone is 4. The molecular formula is C30H43ClO3. The van der Waals surface area contributed by atoms with Gasteiger partial charge in [0.1, 0.15) is 0 Å². The van der Waals surface area contributed by atoms with Gasteiger partial charge in [-0.3, -0.25) is 9.59 Å². The number of fused-ring (bicyclic) bond motifs is 7. The van der Waals surface area contributed by atoms with Crippen molar-refractivity contribution in [2.24, 2.45) is 50.2 Å². The summed E-state index contributed by atoms with van der Waals surface area (Å²) in [7, 11) is 0. The minimum absolute atomic E-state index is 0.0210. The molecule has 0 amide bonds. The SMILES string of the molecule is CC1(C)CC[C@]2(C(=O)O)CC[C@]3(C)C(=CC[C@@H]4[C@@]5(C)C=C(Cl)C(=O)C(C)(C)[C@@H]5CC[C@]43C)[C@@H]2C1. The lowest BCUT2D eigenvalue weighted by Crippen LogP contribution is -2.64. The highest BCUT2D eigenvalue weighted by Gasteiger charge is 2.69. The number of rotatable bonds is 1. The fourth-order valence-corrected chi connectivity index (χ4v) is 10.5. The molecule has 5 aliphatic carbocycles. The van der Waals surface area contributed by atoms with Crippen molar-refractivity contribution in [2.45, 2.75) is 99.8 Å². The molecule has 0 heterocycles. The summed E-state index contributed by atoms with van der Waals surface area (Å²) >= 11 is 6.62. The molecule has 0 radical (unpaired) electrons. The second-order valence-electron chi connectivity index (χ2n) is 14.6. The Labute approximate surface area is 210 Å². The van der Waals surface area contributed by atoms with Gasteiger partial charge < -0.3 is 5.11 Å². The maximum Gasteiger partial charge on any atom is 0.310 e. The van der Waals surface area contributed by atoms with Crippen molar-refractivity contribution < 1.29 is 14.7 Å². The highest BCUT2D eigenvalue weighted by molar-refractivity contribution is 6.43. The number of aliphatic carboxylic acids is 1. The lowest BCUT2D eigenvalue weighted by Gasteiger charge is -2.69. The first-order valence-corrected chi connectivity index (χ1v) is 13.8. The topological polar surface area (TPSA) is 54.4 Å². The summed E-state index contributed by atoms with van der Waals surface area (Å²) in [6.07, 6.45) is 12.1. The quantitative estimate of drug-likeness (QED) is 0.385. The number of hydrogen-bond acceptors (Lipinski definition) is 2. The van der Waals surface area contributed by atoms with Crippen LogP contribution in [0.25, 0.3) is 0 Å². The Hall–Kier alpha value is -1.09. The van der Waals surface area contributed by atoms with Crippen molar-refractivity contribution in [1.29, 1.82) is 0 Å². The molecule has 34 heavy (non-hydrogen) atoms. The second-order valence-corrected chi connectivity index (χ2v) is 15.0. The predicted molar refractivity (Wildman–Crippen MR) is 136 cm³/mol. The Kier molecular flexibility index (Phi) is 5.08. The lowest BCUT2D eigenvalue weighted by atomic mass is 9.34. The summed E-state index contributed by atoms with van der Waals surface area (Å²) in [6.45, 7) is 16.1. The van der Waals surface area contributed by atoms with Crippen LogP contribution in [0.15, 0.2) is 22.8 Å². The molecule has 0 unspecified atom stereocenters. The van der Waals surface area contributed by atoms with Crippen LogP contribution >= 0.6 is 11.6 Å². The van der Waals surface area contributed by atoms with Crippen molar-refractivity contribution >= 4 is 23.4 Å². The Balaban J connectivity index is 1.64. The minimum atomic E-state index is -0.604. The van der Waals surface area contributed by atoms with Crippen LogP contribution in [-0.4, -0.2) is 16.9 Å². The van der Waals surface area contributed by atoms with E-state index in [1.807, 2.05) is 0 Å². The number of Topliss-reactive ketones (excluding diaryl/α,β-unsaturated/α-hetero) is 1. The summed E-state index contributed by atoms with van der Waals surface area (Å²) in [4.78, 5) is 25.8. The lowest BCUT2D eigenvalue weighted by molar-refractivity contribution is -0.174. The highest BCUT2D eigenvalue weighted by Crippen LogP contribution is 2.75. The van der Waals surface area contributed by atoms with Gasteiger partial charge in [-0.1, -0.05) is 77.8 Å². The zero-order valence-electron chi connectivity index (χ0n) is 22.2. The van der Waals surface area contributed by atoms with E-state index in [1.54, 1.807) is 0 Å². The fraction of sp³-hybridized carbons (Fsp3) is 0.800. The van der Waals surface area contributed by atoms with E-state index in [4.69, 9.17) is 11.6 Å². The van der Waals surface area contributed by atoms with Crippen LogP contribution in [0.2, 0.25) is 0 Å². The number of carbonyl (C=O) groups excluding carboxylic acids is 1. The van der Waals surface area contributed by atoms with E-state index < -0.39 is 16.8 Å². The standard InChI is InChI=1S/C30H43ClO3/c1-25(2)12-14-30(24(33)34)15-13-28(6)18(19(30)16-25)8-9-22-27(5)17-20(31)23(32)26(3,4)21(27)10-11-29(22,28)7/h8,17,19,21-22H,9-16H2,1-7H3,(H,33,34)/t19-,21-,22+,27-,28+,29+,30-/m0/s1. The number of carbonyl (C=O) groups is 2. The van der Waals surface area contributed by atoms with Crippen LogP contribution in [0.1, 0.15) is 99.8 Å². The first-order valence-electron chi connectivity index (χ1n) is 13.4. The minimum Gasteiger partial charge on any atom is -0.481 e. The summed E-state index contributed by atoms with van der Waals surface area (Å²) in [5.74, 6) is 0.303. The normalized spacial score (nSPS) is 48.9. The number of carboxylic acids is 1. The van der Waals surface area contributed by atoms with Gasteiger partial charge in [0.25, 0.3) is 0 Å². The molecule has 0 bridgehead atoms. The maximum absolute atomic E-state index is 13.0. The molecule has 0 aromatic carbocycles. The molecular weight excluding hydrogens is 444 g/mol. The molecule has 3 fully saturated rings. The van der Waals surface area contributed by atoms with Gasteiger partial charge in [-0.15, -0.1) is 0 Å². The smallest absolute Gasteiger partial charge is 0.310 e. The number of hydrogen-bond donors (Lipinski definition) is 1. The van der Waals surface area contributed by atoms with Crippen LogP contribution in [0, 0.1) is 50.2 Å². The molecule has 5 aliphatic rings. The van der Waals surface area contributed by atoms with Crippen LogP contribution in [0.5, 0.6) is 0 Å². The van der Waals surface area contributed by atoms with E-state index >= 15 is 0 Å². The van der Waals surface area contributed by atoms with Gasteiger partial charge in [0, 0.05) is 5.41 Å². The van der Waals surface area contributed by atoms with Crippen molar-refractivity contribution in [2.75, 3.05) is 0 Å². The first kappa shape index (κ1) is 24.6. The molecule has 0 aromatic heterocycles. The maximum atomic E-state index is 13.0. The molecule has 0 aliphatic heterocycles. The van der Waals surface area contributed by atoms with Gasteiger partial charge in [0.05, 0.1) is 10.4 Å². The molecule has 4 heteroatoms. The molecule has 3 nitrogen and oxygen atoms in total. The monoisotopic (exact) mass is 486 g/mol. The zero-order chi connectivity index (χ0) is 25.1. The van der Waals surface area contributed by atoms with E-state index in [9.17, 15) is 14.7 Å². The number of carboxylic acid groups (broad SMARTS) is 1. The van der Waals surface area contributed by atoms with E-state index in [0.717, 1.165) is 51.4 Å². The molecule has 1 N–H and O–H groups in total. The van der Waals surface area contributed by atoms with Crippen LogP contribution in [0.3, 0.4) is 0 Å². The van der Waals surface area contributed by atoms with E-state index in [-0.39, 0.29) is 39.3 Å². The Morgan fingerprint density at radius 1 is 0.971 bits per heavy atom. The van der Waals surface area contributed by atoms with Gasteiger partial charge in [0.15, 0.2) is 5.78 Å². The third kappa shape index (κ3) is 2.83. The van der Waals surface area contributed by atoms with Crippen molar-refractivity contribution in [3.8, 4) is 0 Å². The predicted octanol–water partition coefficient (Wildman–Crippen LogP) is 7.78. The molecule has 5 rings (SSSR count). The van der Waals surface area contributed by atoms with Crippen LogP contribution < -0.4 is 0 Å². The average Bonchev–Trinajstić information content (AvgIpc) is 2.72. The second kappa shape index (κ2) is 7.02. The molecule has 188 valence electrons. The number of ketones is 1. The van der Waals surface area contributed by atoms with Crippen molar-refractivity contribution in [3.63, 3.8) is 0 Å². The van der Waals surface area contributed by atoms with Crippen molar-refractivity contribution in [3.05, 3.63) is 22.8 Å². The van der Waals surface area contributed by atoms with E-state index in [2.05, 4.69) is 60.6 Å². The van der Waals surface area contributed by atoms with Gasteiger partial charge in [-0.2, -0.15) is 0 Å². The summed E-state index contributed by atoms with van der Waals surface area (Å²) in [5, 5.41) is 10.9. The van der Waals surface area contributed by atoms with Gasteiger partial charge in [0.2, 0.25) is 0 Å². The van der Waals surface area contributed by atoms with E-state index in [0.29, 0.717) is 11.0 Å². The molecule has 0 spiro atoms. The summed E-state index contributed by atoms with van der Waals surface area (Å²) in [5.41, 5.74) is 0.453. The largest absolute Gasteiger partial charge is 0.481 e. The van der Waals surface area contributed by atoms with Gasteiger partial charge in [-0.05, 0) is 90.8 Å². The number of halogens is 1. The Morgan fingerprint density at radius 2 is 1.62 bits per heavy atom. The molecule has 0 saturated heterocycles. The van der Waals surface area contributed by atoms with Gasteiger partial charge >= 0.3 is 5.97 Å². The highest BCUT2D eigenvalue weighted by atomic mass is 35.5. The summed E-state index contributed by atoms with van der Waals surface area (Å²) < 4.78 is 0. The first-order chi connectivity index (χ1) is 15.6. The average molecular weight is 487 g/mol. The molecule has 3 saturated carbocycles. The van der Waals surface area contributed by atoms with E-state index in [1.165, 1.54) is 5.57 Å². The van der Waals surface area contributed by atoms with Crippen LogP contribution in [-0.2, 0) is 9.59 Å². The fourth-order valence-electron chi connectivity index (χ4n) is 10.1. The van der Waals surface area contributed by atoms with Crippen molar-refractivity contribution in [1.82, 2.24) is 0 Å². The third-order valence-corrected chi connectivity index (χ3v) is 12.6. The Morgan fingerprint density at radius 3 is 2.26 bits per heavy atom. The van der Waals surface area contributed by atoms with Crippen LogP contribution in [0.4, 0.5) is 0 Å². The molecule has 0 aromatic rings. The van der Waals surface area contributed by atoms with Gasteiger partial charge in [-0.25, -0.2) is 0 Å². The third-order valence-electron chi connectivity index (χ3n) is 12.3. The Bertz CT molecular complexity index is 1020. The molecule has 7 atom stereocenters.